The summed E-state index contributed by atoms with van der Waals surface area (Å²) in [4.78, 5) is 25.7. The van der Waals surface area contributed by atoms with Crippen molar-refractivity contribution in [3.63, 3.8) is 0 Å². The van der Waals surface area contributed by atoms with Gasteiger partial charge >= 0.3 is 5.97 Å². The fourth-order valence-electron chi connectivity index (χ4n) is 1.31. The largest absolute Gasteiger partial charge is 0.481 e. The number of unbranched alkanes of at least 4 members (excludes halogenated alkanes) is 1. The molecular weight excluding hydrogens is 240 g/mol. The molecule has 0 bridgehead atoms. The molecule has 5 nitrogen and oxygen atoms in total. The number of carboxylic acid groups (broad SMARTS) is 1. The summed E-state index contributed by atoms with van der Waals surface area (Å²) in [5.74, 6) is -0.796. The van der Waals surface area contributed by atoms with Gasteiger partial charge in [-0.15, -0.1) is 11.3 Å². The summed E-state index contributed by atoms with van der Waals surface area (Å²) in [6.07, 6.45) is 4.29. The standard InChI is InChI=1S/C11H16N2O3S/c14-9(4-5-10-13-7-8-17-10)12-6-2-1-3-11(15)16/h7-8H,1-6H2,(H,12,14)(H,15,16). The molecule has 0 aliphatic rings. The third kappa shape index (κ3) is 6.68. The summed E-state index contributed by atoms with van der Waals surface area (Å²) in [7, 11) is 0. The van der Waals surface area contributed by atoms with Gasteiger partial charge in [-0.25, -0.2) is 4.98 Å². The number of nitrogens with zero attached hydrogens (tertiary/aromatic N) is 1. The number of rotatable bonds is 8. The van der Waals surface area contributed by atoms with E-state index < -0.39 is 5.97 Å². The van der Waals surface area contributed by atoms with Crippen LogP contribution in [0.15, 0.2) is 11.6 Å². The number of carboxylic acids is 1. The van der Waals surface area contributed by atoms with E-state index in [0.717, 1.165) is 5.01 Å². The van der Waals surface area contributed by atoms with Gasteiger partial charge in [0.25, 0.3) is 0 Å². The third-order valence-electron chi connectivity index (χ3n) is 2.19. The average Bonchev–Trinajstić information content (AvgIpc) is 2.78. The molecule has 0 saturated heterocycles. The molecule has 0 radical (unpaired) electrons. The first-order valence-electron chi connectivity index (χ1n) is 5.55. The molecule has 1 heterocycles. The molecule has 2 N–H and O–H groups in total. The van der Waals surface area contributed by atoms with Crippen LogP contribution in [-0.2, 0) is 16.0 Å². The minimum Gasteiger partial charge on any atom is -0.481 e. The zero-order valence-electron chi connectivity index (χ0n) is 9.52. The van der Waals surface area contributed by atoms with Gasteiger partial charge in [-0.05, 0) is 12.8 Å². The Morgan fingerprint density at radius 3 is 2.82 bits per heavy atom. The van der Waals surface area contributed by atoms with Crippen molar-refractivity contribution in [2.45, 2.75) is 32.1 Å². The van der Waals surface area contributed by atoms with Crippen LogP contribution in [0, 0.1) is 0 Å². The van der Waals surface area contributed by atoms with Gasteiger partial charge in [0.1, 0.15) is 0 Å². The maximum atomic E-state index is 11.4. The zero-order chi connectivity index (χ0) is 12.5. The smallest absolute Gasteiger partial charge is 0.303 e. The number of carbonyl (C=O) groups is 2. The normalized spacial score (nSPS) is 10.1. The lowest BCUT2D eigenvalue weighted by Crippen LogP contribution is -2.24. The van der Waals surface area contributed by atoms with Crippen LogP contribution >= 0.6 is 11.3 Å². The van der Waals surface area contributed by atoms with Crippen LogP contribution in [-0.4, -0.2) is 28.5 Å². The van der Waals surface area contributed by atoms with Gasteiger partial charge in [-0.2, -0.15) is 0 Å². The Hall–Kier alpha value is -1.43. The molecule has 6 heteroatoms. The number of amides is 1. The fourth-order valence-corrected chi connectivity index (χ4v) is 1.93. The summed E-state index contributed by atoms with van der Waals surface area (Å²) in [5, 5.41) is 14.0. The van der Waals surface area contributed by atoms with E-state index in [2.05, 4.69) is 10.3 Å². The van der Waals surface area contributed by atoms with Crippen molar-refractivity contribution in [3.8, 4) is 0 Å². The topological polar surface area (TPSA) is 79.3 Å². The predicted molar refractivity (Wildman–Crippen MR) is 64.9 cm³/mol. The van der Waals surface area contributed by atoms with Crippen molar-refractivity contribution in [3.05, 3.63) is 16.6 Å². The Kier molecular flexibility index (Phi) is 6.24. The molecule has 1 aromatic rings. The minimum absolute atomic E-state index is 0.00414. The zero-order valence-corrected chi connectivity index (χ0v) is 10.3. The predicted octanol–water partition coefficient (Wildman–Crippen LogP) is 1.45. The molecule has 0 atom stereocenters. The van der Waals surface area contributed by atoms with Gasteiger partial charge in [0.15, 0.2) is 0 Å². The molecule has 0 unspecified atom stereocenters. The van der Waals surface area contributed by atoms with E-state index in [1.54, 1.807) is 17.5 Å². The number of nitrogens with one attached hydrogen (secondary N) is 1. The Bertz CT molecular complexity index is 352. The molecule has 17 heavy (non-hydrogen) atoms. The lowest BCUT2D eigenvalue weighted by Gasteiger charge is -2.03. The molecule has 1 aromatic heterocycles. The van der Waals surface area contributed by atoms with Crippen LogP contribution < -0.4 is 5.32 Å². The van der Waals surface area contributed by atoms with Gasteiger partial charge in [-0.3, -0.25) is 9.59 Å². The molecule has 0 aliphatic carbocycles. The highest BCUT2D eigenvalue weighted by atomic mass is 32.1. The summed E-state index contributed by atoms with van der Waals surface area (Å²) >= 11 is 1.54. The minimum atomic E-state index is -0.792. The van der Waals surface area contributed by atoms with Crippen LogP contribution in [0.4, 0.5) is 0 Å². The molecule has 0 aromatic carbocycles. The molecule has 1 amide bonds. The molecule has 0 fully saturated rings. The molecule has 94 valence electrons. The van der Waals surface area contributed by atoms with Crippen molar-refractivity contribution in [1.82, 2.24) is 10.3 Å². The quantitative estimate of drug-likeness (QED) is 0.690. The van der Waals surface area contributed by atoms with Crippen molar-refractivity contribution in [2.75, 3.05) is 6.54 Å². The van der Waals surface area contributed by atoms with Crippen molar-refractivity contribution >= 4 is 23.2 Å². The third-order valence-corrected chi connectivity index (χ3v) is 3.03. The number of aryl methyl sites for hydroxylation is 1. The molecular formula is C11H16N2O3S. The number of aromatic nitrogens is 1. The highest BCUT2D eigenvalue weighted by Crippen LogP contribution is 2.06. The summed E-state index contributed by atoms with van der Waals surface area (Å²) in [5.41, 5.74) is 0. The van der Waals surface area contributed by atoms with Crippen LogP contribution in [0.5, 0.6) is 0 Å². The highest BCUT2D eigenvalue weighted by Gasteiger charge is 2.03. The second-order valence-electron chi connectivity index (χ2n) is 3.63. The van der Waals surface area contributed by atoms with Gasteiger partial charge in [-0.1, -0.05) is 0 Å². The monoisotopic (exact) mass is 256 g/mol. The van der Waals surface area contributed by atoms with Crippen LogP contribution in [0.3, 0.4) is 0 Å². The molecule has 0 spiro atoms. The highest BCUT2D eigenvalue weighted by molar-refractivity contribution is 7.09. The van der Waals surface area contributed by atoms with Gasteiger partial charge in [0, 0.05) is 37.4 Å². The Labute approximate surface area is 104 Å². The number of hydrogen-bond acceptors (Lipinski definition) is 4. The van der Waals surface area contributed by atoms with Crippen molar-refractivity contribution in [1.29, 1.82) is 0 Å². The van der Waals surface area contributed by atoms with Crippen molar-refractivity contribution in [2.24, 2.45) is 0 Å². The van der Waals surface area contributed by atoms with E-state index in [0.29, 0.717) is 32.2 Å². The Balaban J connectivity index is 2.00. The number of hydrogen-bond donors (Lipinski definition) is 2. The molecule has 0 saturated carbocycles. The second-order valence-corrected chi connectivity index (χ2v) is 4.61. The van der Waals surface area contributed by atoms with Crippen LogP contribution in [0.2, 0.25) is 0 Å². The van der Waals surface area contributed by atoms with E-state index in [1.165, 1.54) is 0 Å². The van der Waals surface area contributed by atoms with Crippen LogP contribution in [0.25, 0.3) is 0 Å². The first kappa shape index (κ1) is 13.6. The van der Waals surface area contributed by atoms with Crippen molar-refractivity contribution < 1.29 is 14.7 Å². The van der Waals surface area contributed by atoms with Gasteiger partial charge in [0.05, 0.1) is 5.01 Å². The lowest BCUT2D eigenvalue weighted by atomic mass is 10.2. The SMILES string of the molecule is O=C(O)CCCCNC(=O)CCc1nccs1. The Morgan fingerprint density at radius 1 is 1.35 bits per heavy atom. The average molecular weight is 256 g/mol. The summed E-state index contributed by atoms with van der Waals surface area (Å²) in [6, 6.07) is 0. The maximum absolute atomic E-state index is 11.4. The van der Waals surface area contributed by atoms with Gasteiger partial charge in [0.2, 0.25) is 5.91 Å². The van der Waals surface area contributed by atoms with E-state index in [-0.39, 0.29) is 12.3 Å². The number of thiazole rings is 1. The van der Waals surface area contributed by atoms with E-state index in [9.17, 15) is 9.59 Å². The number of aliphatic carboxylic acids is 1. The maximum Gasteiger partial charge on any atom is 0.303 e. The summed E-state index contributed by atoms with van der Waals surface area (Å²) in [6.45, 7) is 0.546. The molecule has 0 aliphatic heterocycles. The summed E-state index contributed by atoms with van der Waals surface area (Å²) < 4.78 is 0. The first-order valence-corrected chi connectivity index (χ1v) is 6.43. The van der Waals surface area contributed by atoms with Crippen LogP contribution in [0.1, 0.15) is 30.7 Å². The van der Waals surface area contributed by atoms with E-state index in [1.807, 2.05) is 5.38 Å². The first-order chi connectivity index (χ1) is 8.18. The Morgan fingerprint density at radius 2 is 2.18 bits per heavy atom. The number of carbonyl (C=O) groups excluding carboxylic acids is 1. The van der Waals surface area contributed by atoms with E-state index in [4.69, 9.17) is 5.11 Å². The van der Waals surface area contributed by atoms with E-state index >= 15 is 0 Å². The van der Waals surface area contributed by atoms with Gasteiger partial charge < -0.3 is 10.4 Å². The lowest BCUT2D eigenvalue weighted by molar-refractivity contribution is -0.137. The second kappa shape index (κ2) is 7.78. The fraction of sp³-hybridized carbons (Fsp3) is 0.545. The molecule has 1 rings (SSSR count).